The quantitative estimate of drug-likeness (QED) is 0.774. The van der Waals surface area contributed by atoms with Gasteiger partial charge in [0.2, 0.25) is 0 Å². The Morgan fingerprint density at radius 1 is 1.04 bits per heavy atom. The Labute approximate surface area is 146 Å². The van der Waals surface area contributed by atoms with E-state index in [1.54, 1.807) is 6.07 Å². The molecule has 0 aromatic heterocycles. The number of hydrogen-bond acceptors (Lipinski definition) is 3. The maximum atomic E-state index is 12.7. The molecule has 3 aromatic carbocycles. The van der Waals surface area contributed by atoms with Crippen LogP contribution >= 0.6 is 0 Å². The molecule has 25 heavy (non-hydrogen) atoms. The van der Waals surface area contributed by atoms with E-state index in [0.29, 0.717) is 24.3 Å². The zero-order valence-electron chi connectivity index (χ0n) is 13.7. The molecule has 0 fully saturated rings. The number of rotatable bonds is 3. The third-order valence-electron chi connectivity index (χ3n) is 4.74. The first-order valence-corrected chi connectivity index (χ1v) is 8.38. The van der Waals surface area contributed by atoms with Crippen LogP contribution in [0.15, 0.2) is 66.7 Å². The highest BCUT2D eigenvalue weighted by Gasteiger charge is 2.35. The second-order valence-electron chi connectivity index (χ2n) is 6.34. The van der Waals surface area contributed by atoms with Crippen LogP contribution in [0, 0.1) is 0 Å². The van der Waals surface area contributed by atoms with Crippen molar-refractivity contribution in [2.75, 3.05) is 13.2 Å². The fraction of sp³-hybridized carbons (Fsp3) is 0.190. The topological polar surface area (TPSA) is 58.6 Å². The standard InChI is InChI=1S/C21H19NO3/c23-20(17-9-5-7-15-6-1-2-8-16(15)17)22-14-21(24)12-13-25-19-11-4-3-10-18(19)21/h1-11,24H,12-14H2,(H,22,23). The summed E-state index contributed by atoms with van der Waals surface area (Å²) in [7, 11) is 0. The third-order valence-corrected chi connectivity index (χ3v) is 4.74. The van der Waals surface area contributed by atoms with E-state index >= 15 is 0 Å². The highest BCUT2D eigenvalue weighted by molar-refractivity contribution is 6.07. The molecule has 1 heterocycles. The summed E-state index contributed by atoms with van der Waals surface area (Å²) >= 11 is 0. The molecular weight excluding hydrogens is 314 g/mol. The molecule has 4 nitrogen and oxygen atoms in total. The van der Waals surface area contributed by atoms with Gasteiger partial charge in [0.1, 0.15) is 11.4 Å². The molecule has 126 valence electrons. The first-order valence-electron chi connectivity index (χ1n) is 8.38. The summed E-state index contributed by atoms with van der Waals surface area (Å²) in [6.07, 6.45) is 0.444. The van der Waals surface area contributed by atoms with Gasteiger partial charge in [-0.25, -0.2) is 0 Å². The molecule has 4 rings (SSSR count). The van der Waals surface area contributed by atoms with Gasteiger partial charge < -0.3 is 15.2 Å². The van der Waals surface area contributed by atoms with Crippen LogP contribution in [-0.2, 0) is 5.60 Å². The Balaban J connectivity index is 1.58. The smallest absolute Gasteiger partial charge is 0.252 e. The van der Waals surface area contributed by atoms with Gasteiger partial charge in [-0.15, -0.1) is 0 Å². The summed E-state index contributed by atoms with van der Waals surface area (Å²) in [5, 5.41) is 15.9. The van der Waals surface area contributed by atoms with Crippen LogP contribution in [0.4, 0.5) is 0 Å². The summed E-state index contributed by atoms with van der Waals surface area (Å²) in [6.45, 7) is 0.576. The zero-order valence-corrected chi connectivity index (χ0v) is 13.7. The van der Waals surface area contributed by atoms with Gasteiger partial charge in [0.05, 0.1) is 13.2 Å². The van der Waals surface area contributed by atoms with Gasteiger partial charge in [-0.2, -0.15) is 0 Å². The SMILES string of the molecule is O=C(NCC1(O)CCOc2ccccc21)c1cccc2ccccc12. The number of para-hydroxylation sites is 1. The van der Waals surface area contributed by atoms with Gasteiger partial charge >= 0.3 is 0 Å². The van der Waals surface area contributed by atoms with E-state index in [-0.39, 0.29) is 12.5 Å². The van der Waals surface area contributed by atoms with Gasteiger partial charge in [-0.1, -0.05) is 54.6 Å². The Kier molecular flexibility index (Phi) is 3.90. The van der Waals surface area contributed by atoms with Gasteiger partial charge in [0.25, 0.3) is 5.91 Å². The minimum absolute atomic E-state index is 0.148. The molecule has 1 unspecified atom stereocenters. The molecule has 1 aliphatic rings. The average molecular weight is 333 g/mol. The van der Waals surface area contributed by atoms with Crippen molar-refractivity contribution in [1.29, 1.82) is 0 Å². The Morgan fingerprint density at radius 2 is 1.80 bits per heavy atom. The predicted octanol–water partition coefficient (Wildman–Crippen LogP) is 3.24. The van der Waals surface area contributed by atoms with Crippen LogP contribution < -0.4 is 10.1 Å². The van der Waals surface area contributed by atoms with E-state index in [1.165, 1.54) is 0 Å². The van der Waals surface area contributed by atoms with Crippen LogP contribution in [0.1, 0.15) is 22.3 Å². The number of amides is 1. The molecule has 0 bridgehead atoms. The summed E-state index contributed by atoms with van der Waals surface area (Å²) < 4.78 is 5.60. The van der Waals surface area contributed by atoms with E-state index in [0.717, 1.165) is 16.3 Å². The van der Waals surface area contributed by atoms with E-state index in [4.69, 9.17) is 4.74 Å². The minimum atomic E-state index is -1.12. The van der Waals surface area contributed by atoms with Crippen LogP contribution in [0.3, 0.4) is 0 Å². The van der Waals surface area contributed by atoms with Crippen molar-refractivity contribution in [3.63, 3.8) is 0 Å². The maximum absolute atomic E-state index is 12.7. The molecule has 0 aliphatic carbocycles. The number of aliphatic hydroxyl groups is 1. The molecule has 1 atom stereocenters. The van der Waals surface area contributed by atoms with Crippen LogP contribution in [0.2, 0.25) is 0 Å². The van der Waals surface area contributed by atoms with Gasteiger partial charge in [-0.3, -0.25) is 4.79 Å². The molecule has 0 saturated heterocycles. The second kappa shape index (κ2) is 6.22. The molecular formula is C21H19NO3. The van der Waals surface area contributed by atoms with Gasteiger partial charge in [0.15, 0.2) is 0 Å². The molecule has 4 heteroatoms. The summed E-state index contributed by atoms with van der Waals surface area (Å²) in [4.78, 5) is 12.7. The van der Waals surface area contributed by atoms with E-state index in [1.807, 2.05) is 60.7 Å². The number of fused-ring (bicyclic) bond motifs is 2. The van der Waals surface area contributed by atoms with E-state index in [2.05, 4.69) is 5.32 Å². The fourth-order valence-corrected chi connectivity index (χ4v) is 3.37. The lowest BCUT2D eigenvalue weighted by molar-refractivity contribution is -0.00159. The predicted molar refractivity (Wildman–Crippen MR) is 96.7 cm³/mol. The van der Waals surface area contributed by atoms with Crippen molar-refractivity contribution >= 4 is 16.7 Å². The van der Waals surface area contributed by atoms with Crippen molar-refractivity contribution < 1.29 is 14.6 Å². The number of hydrogen-bond donors (Lipinski definition) is 2. The van der Waals surface area contributed by atoms with Crippen LogP contribution in [-0.4, -0.2) is 24.2 Å². The molecule has 2 N–H and O–H groups in total. The van der Waals surface area contributed by atoms with Crippen molar-refractivity contribution in [2.45, 2.75) is 12.0 Å². The van der Waals surface area contributed by atoms with Crippen molar-refractivity contribution in [3.05, 3.63) is 77.9 Å². The third kappa shape index (κ3) is 2.85. The fourth-order valence-electron chi connectivity index (χ4n) is 3.37. The number of benzene rings is 3. The van der Waals surface area contributed by atoms with E-state index in [9.17, 15) is 9.90 Å². The highest BCUT2D eigenvalue weighted by Crippen LogP contribution is 2.36. The number of carbonyl (C=O) groups excluding carboxylic acids is 1. The lowest BCUT2D eigenvalue weighted by Gasteiger charge is -2.34. The largest absolute Gasteiger partial charge is 0.493 e. The molecule has 1 amide bonds. The summed E-state index contributed by atoms with van der Waals surface area (Å²) in [6, 6.07) is 20.9. The molecule has 0 spiro atoms. The average Bonchev–Trinajstić information content (AvgIpc) is 2.66. The first kappa shape index (κ1) is 15.7. The van der Waals surface area contributed by atoms with Crippen molar-refractivity contribution in [1.82, 2.24) is 5.32 Å². The van der Waals surface area contributed by atoms with Gasteiger partial charge in [0, 0.05) is 17.5 Å². The number of ether oxygens (including phenoxy) is 1. The molecule has 0 radical (unpaired) electrons. The number of nitrogens with one attached hydrogen (secondary N) is 1. The van der Waals surface area contributed by atoms with Crippen molar-refractivity contribution in [2.24, 2.45) is 0 Å². The Hall–Kier alpha value is -2.85. The lowest BCUT2D eigenvalue weighted by atomic mass is 9.88. The second-order valence-corrected chi connectivity index (χ2v) is 6.34. The Morgan fingerprint density at radius 3 is 2.72 bits per heavy atom. The zero-order chi connectivity index (χ0) is 17.3. The number of carbonyl (C=O) groups is 1. The monoisotopic (exact) mass is 333 g/mol. The normalized spacial score (nSPS) is 19.1. The van der Waals surface area contributed by atoms with Crippen LogP contribution in [0.5, 0.6) is 5.75 Å². The molecule has 3 aromatic rings. The summed E-state index contributed by atoms with van der Waals surface area (Å²) in [5.74, 6) is 0.491. The molecule has 0 saturated carbocycles. The first-order chi connectivity index (χ1) is 12.2. The van der Waals surface area contributed by atoms with Crippen molar-refractivity contribution in [3.8, 4) is 5.75 Å². The molecule has 1 aliphatic heterocycles. The highest BCUT2D eigenvalue weighted by atomic mass is 16.5. The van der Waals surface area contributed by atoms with Crippen LogP contribution in [0.25, 0.3) is 10.8 Å². The maximum Gasteiger partial charge on any atom is 0.252 e. The summed E-state index contributed by atoms with van der Waals surface area (Å²) in [5.41, 5.74) is 0.219. The van der Waals surface area contributed by atoms with Gasteiger partial charge in [-0.05, 0) is 22.9 Å². The lowest BCUT2D eigenvalue weighted by Crippen LogP contribution is -2.43. The minimum Gasteiger partial charge on any atom is -0.493 e. The Bertz CT molecular complexity index is 932. The van der Waals surface area contributed by atoms with E-state index < -0.39 is 5.60 Å².